The zero-order valence-corrected chi connectivity index (χ0v) is 19.6. The molecular weight excluding hydrogens is 364 g/mol. The number of rotatable bonds is 21. The van der Waals surface area contributed by atoms with E-state index in [2.05, 4.69) is 20.8 Å². The second kappa shape index (κ2) is 21.6. The summed E-state index contributed by atoms with van der Waals surface area (Å²) in [5.41, 5.74) is 0. The first-order chi connectivity index (χ1) is 14.1. The smallest absolute Gasteiger partial charge is 0.305 e. The van der Waals surface area contributed by atoms with Crippen LogP contribution in [0, 0.1) is 5.92 Å². The first kappa shape index (κ1) is 27.9. The maximum atomic E-state index is 11.7. The summed E-state index contributed by atoms with van der Waals surface area (Å²) in [4.78, 5) is 23.2. The lowest BCUT2D eigenvalue weighted by atomic mass is 10.0. The molecule has 0 bridgehead atoms. The van der Waals surface area contributed by atoms with Crippen molar-refractivity contribution < 1.29 is 19.1 Å². The fourth-order valence-electron chi connectivity index (χ4n) is 3.24. The highest BCUT2D eigenvalue weighted by Gasteiger charge is 2.07. The summed E-state index contributed by atoms with van der Waals surface area (Å²) < 4.78 is 10.4. The van der Waals surface area contributed by atoms with Gasteiger partial charge in [-0.3, -0.25) is 9.59 Å². The van der Waals surface area contributed by atoms with Crippen LogP contribution in [0.15, 0.2) is 0 Å². The highest BCUT2D eigenvalue weighted by molar-refractivity contribution is 5.72. The Morgan fingerprint density at radius 2 is 1.00 bits per heavy atom. The van der Waals surface area contributed by atoms with E-state index in [9.17, 15) is 9.59 Å². The third kappa shape index (κ3) is 23.1. The van der Waals surface area contributed by atoms with Crippen LogP contribution in [0.5, 0.6) is 0 Å². The molecule has 0 amide bonds. The van der Waals surface area contributed by atoms with Gasteiger partial charge >= 0.3 is 11.9 Å². The minimum Gasteiger partial charge on any atom is -0.466 e. The Kier molecular flexibility index (Phi) is 20.9. The number of carbonyl (C=O) groups is 2. The molecule has 29 heavy (non-hydrogen) atoms. The quantitative estimate of drug-likeness (QED) is 0.146. The predicted molar refractivity (Wildman–Crippen MR) is 121 cm³/mol. The van der Waals surface area contributed by atoms with Gasteiger partial charge in [-0.2, -0.15) is 0 Å². The van der Waals surface area contributed by atoms with Gasteiger partial charge in [0.05, 0.1) is 13.2 Å². The Morgan fingerprint density at radius 3 is 1.45 bits per heavy atom. The second-order valence-electron chi connectivity index (χ2n) is 8.72. The topological polar surface area (TPSA) is 52.6 Å². The van der Waals surface area contributed by atoms with Gasteiger partial charge in [0.25, 0.3) is 0 Å². The molecule has 0 aliphatic rings. The molecule has 0 fully saturated rings. The van der Waals surface area contributed by atoms with Crippen molar-refractivity contribution in [2.45, 2.75) is 130 Å². The van der Waals surface area contributed by atoms with Crippen LogP contribution in [0.25, 0.3) is 0 Å². The number of hydrogen-bond donors (Lipinski definition) is 0. The molecule has 0 heterocycles. The molecule has 4 heteroatoms. The lowest BCUT2D eigenvalue weighted by Gasteiger charge is -2.07. The predicted octanol–water partition coefficient (Wildman–Crippen LogP) is 7.38. The standard InChI is InChI=1S/C25H48O4/c1-4-5-6-7-8-9-10-11-12-13-14-15-16-21-28-24(26)18-17-19-25(27)29-22-20-23(2)3/h23H,4-22H2,1-3H3. The molecule has 172 valence electrons. The van der Waals surface area contributed by atoms with Gasteiger partial charge in [-0.1, -0.05) is 97.8 Å². The Balaban J connectivity index is 3.26. The highest BCUT2D eigenvalue weighted by Crippen LogP contribution is 2.12. The van der Waals surface area contributed by atoms with Crippen molar-refractivity contribution in [3.63, 3.8) is 0 Å². The molecule has 0 spiro atoms. The van der Waals surface area contributed by atoms with Gasteiger partial charge in [-0.25, -0.2) is 0 Å². The van der Waals surface area contributed by atoms with Crippen LogP contribution in [0.4, 0.5) is 0 Å². The summed E-state index contributed by atoms with van der Waals surface area (Å²) in [5.74, 6) is 0.122. The molecule has 0 aromatic carbocycles. The third-order valence-corrected chi connectivity index (χ3v) is 5.23. The molecule has 0 saturated heterocycles. The highest BCUT2D eigenvalue weighted by atomic mass is 16.5. The van der Waals surface area contributed by atoms with E-state index in [0.29, 0.717) is 38.4 Å². The Labute approximate surface area is 180 Å². The van der Waals surface area contributed by atoms with E-state index in [1.807, 2.05) is 0 Å². The van der Waals surface area contributed by atoms with Crippen molar-refractivity contribution in [1.82, 2.24) is 0 Å². The maximum absolute atomic E-state index is 11.7. The zero-order chi connectivity index (χ0) is 21.6. The van der Waals surface area contributed by atoms with Crippen molar-refractivity contribution in [3.05, 3.63) is 0 Å². The maximum Gasteiger partial charge on any atom is 0.305 e. The van der Waals surface area contributed by atoms with Crippen LogP contribution in [0.2, 0.25) is 0 Å². The van der Waals surface area contributed by atoms with Crippen LogP contribution in [0.1, 0.15) is 130 Å². The van der Waals surface area contributed by atoms with Gasteiger partial charge in [-0.15, -0.1) is 0 Å². The van der Waals surface area contributed by atoms with Crippen molar-refractivity contribution in [2.24, 2.45) is 5.92 Å². The molecule has 0 aliphatic heterocycles. The van der Waals surface area contributed by atoms with Crippen molar-refractivity contribution >= 4 is 11.9 Å². The van der Waals surface area contributed by atoms with E-state index >= 15 is 0 Å². The minimum atomic E-state index is -0.213. The van der Waals surface area contributed by atoms with Crippen LogP contribution in [-0.4, -0.2) is 25.2 Å². The van der Waals surface area contributed by atoms with Gasteiger partial charge in [0, 0.05) is 12.8 Å². The van der Waals surface area contributed by atoms with Gasteiger partial charge in [-0.05, 0) is 25.2 Å². The van der Waals surface area contributed by atoms with Crippen molar-refractivity contribution in [3.8, 4) is 0 Å². The molecular formula is C25H48O4. The lowest BCUT2D eigenvalue weighted by molar-refractivity contribution is -0.145. The average molecular weight is 413 g/mol. The molecule has 0 aliphatic carbocycles. The minimum absolute atomic E-state index is 0.195. The SMILES string of the molecule is CCCCCCCCCCCCCCCOC(=O)CCCC(=O)OCCC(C)C. The van der Waals surface area contributed by atoms with Crippen molar-refractivity contribution in [2.75, 3.05) is 13.2 Å². The van der Waals surface area contributed by atoms with E-state index in [0.717, 1.165) is 19.3 Å². The average Bonchev–Trinajstić information content (AvgIpc) is 2.68. The number of esters is 2. The number of carbonyl (C=O) groups excluding carboxylic acids is 2. The molecule has 0 atom stereocenters. The first-order valence-electron chi connectivity index (χ1n) is 12.4. The molecule has 0 saturated carbocycles. The summed E-state index contributed by atoms with van der Waals surface area (Å²) in [6, 6.07) is 0. The molecule has 0 aromatic heterocycles. The van der Waals surface area contributed by atoms with Gasteiger partial charge < -0.3 is 9.47 Å². The molecule has 4 nitrogen and oxygen atoms in total. The fraction of sp³-hybridized carbons (Fsp3) is 0.920. The van der Waals surface area contributed by atoms with Crippen molar-refractivity contribution in [1.29, 1.82) is 0 Å². The molecule has 0 rings (SSSR count). The second-order valence-corrected chi connectivity index (χ2v) is 8.72. The summed E-state index contributed by atoms with van der Waals surface area (Å²) in [6.45, 7) is 7.44. The summed E-state index contributed by atoms with van der Waals surface area (Å²) in [6.07, 6.45) is 19.0. The summed E-state index contributed by atoms with van der Waals surface area (Å²) >= 11 is 0. The Bertz CT molecular complexity index is 379. The van der Waals surface area contributed by atoms with E-state index < -0.39 is 0 Å². The normalized spacial score (nSPS) is 11.0. The monoisotopic (exact) mass is 412 g/mol. The fourth-order valence-corrected chi connectivity index (χ4v) is 3.24. The summed E-state index contributed by atoms with van der Waals surface area (Å²) in [7, 11) is 0. The van der Waals surface area contributed by atoms with Gasteiger partial charge in [0.2, 0.25) is 0 Å². The van der Waals surface area contributed by atoms with Crippen LogP contribution < -0.4 is 0 Å². The van der Waals surface area contributed by atoms with Crippen LogP contribution in [-0.2, 0) is 19.1 Å². The Hall–Kier alpha value is -1.06. The van der Waals surface area contributed by atoms with Gasteiger partial charge in [0.1, 0.15) is 0 Å². The first-order valence-corrected chi connectivity index (χ1v) is 12.4. The summed E-state index contributed by atoms with van der Waals surface area (Å²) in [5, 5.41) is 0. The van der Waals surface area contributed by atoms with E-state index in [-0.39, 0.29) is 11.9 Å². The third-order valence-electron chi connectivity index (χ3n) is 5.23. The van der Waals surface area contributed by atoms with E-state index in [1.165, 1.54) is 70.6 Å². The molecule has 0 aromatic rings. The molecule has 0 unspecified atom stereocenters. The number of hydrogen-bond acceptors (Lipinski definition) is 4. The van der Waals surface area contributed by atoms with Gasteiger partial charge in [0.15, 0.2) is 0 Å². The molecule has 0 radical (unpaired) electrons. The van der Waals surface area contributed by atoms with E-state index in [1.54, 1.807) is 0 Å². The van der Waals surface area contributed by atoms with Crippen LogP contribution >= 0.6 is 0 Å². The zero-order valence-electron chi connectivity index (χ0n) is 19.6. The largest absolute Gasteiger partial charge is 0.466 e. The van der Waals surface area contributed by atoms with Crippen LogP contribution in [0.3, 0.4) is 0 Å². The number of unbranched alkanes of at least 4 members (excludes halogenated alkanes) is 12. The lowest BCUT2D eigenvalue weighted by Crippen LogP contribution is -2.10. The number of ether oxygens (including phenoxy) is 2. The van der Waals surface area contributed by atoms with E-state index in [4.69, 9.17) is 9.47 Å². The molecule has 0 N–H and O–H groups in total. The Morgan fingerprint density at radius 1 is 0.586 bits per heavy atom.